The Labute approximate surface area is 118 Å². The zero-order valence-corrected chi connectivity index (χ0v) is 13.2. The summed E-state index contributed by atoms with van der Waals surface area (Å²) >= 11 is 0. The van der Waals surface area contributed by atoms with Crippen molar-refractivity contribution in [1.29, 1.82) is 0 Å². The van der Waals surface area contributed by atoms with E-state index < -0.39 is 0 Å². The highest BCUT2D eigenvalue weighted by molar-refractivity contribution is 5.32. The second-order valence-corrected chi connectivity index (χ2v) is 5.37. The summed E-state index contributed by atoms with van der Waals surface area (Å²) in [5, 5.41) is 3.63. The molecule has 2 unspecified atom stereocenters. The molecule has 2 atom stereocenters. The summed E-state index contributed by atoms with van der Waals surface area (Å²) in [4.78, 5) is 2.31. The van der Waals surface area contributed by atoms with Gasteiger partial charge in [-0.05, 0) is 51.7 Å². The Kier molecular flexibility index (Phi) is 5.83. The molecule has 0 radical (unpaired) electrons. The van der Waals surface area contributed by atoms with Gasteiger partial charge in [0.2, 0.25) is 0 Å². The molecule has 0 aromatic heterocycles. The van der Waals surface area contributed by atoms with Crippen LogP contribution in [0.5, 0.6) is 5.75 Å². The summed E-state index contributed by atoms with van der Waals surface area (Å²) in [6.45, 7) is 7.65. The van der Waals surface area contributed by atoms with Gasteiger partial charge in [-0.15, -0.1) is 0 Å². The Hall–Kier alpha value is -1.06. The first kappa shape index (κ1) is 16.0. The van der Waals surface area contributed by atoms with Crippen LogP contribution in [0.15, 0.2) is 24.3 Å². The summed E-state index contributed by atoms with van der Waals surface area (Å²) in [6.07, 6.45) is 1.08. The first-order valence-electron chi connectivity index (χ1n) is 7.04. The van der Waals surface area contributed by atoms with Gasteiger partial charge in [0.05, 0.1) is 13.2 Å². The van der Waals surface area contributed by atoms with Gasteiger partial charge >= 0.3 is 0 Å². The van der Waals surface area contributed by atoms with Crippen LogP contribution in [-0.2, 0) is 0 Å². The lowest BCUT2D eigenvalue weighted by atomic mass is 9.83. The Morgan fingerprint density at radius 1 is 1.32 bits per heavy atom. The van der Waals surface area contributed by atoms with Crippen LogP contribution in [0.1, 0.15) is 38.8 Å². The van der Waals surface area contributed by atoms with Gasteiger partial charge in [-0.25, -0.2) is 0 Å². The van der Waals surface area contributed by atoms with Gasteiger partial charge in [-0.2, -0.15) is 0 Å². The minimum atomic E-state index is 0.0718. The van der Waals surface area contributed by atoms with Crippen LogP contribution < -0.4 is 10.1 Å². The van der Waals surface area contributed by atoms with Crippen molar-refractivity contribution in [3.63, 3.8) is 0 Å². The maximum Gasteiger partial charge on any atom is 0.119 e. The molecule has 1 rings (SSSR count). The molecule has 19 heavy (non-hydrogen) atoms. The van der Waals surface area contributed by atoms with Crippen LogP contribution in [0.25, 0.3) is 0 Å². The second-order valence-electron chi connectivity index (χ2n) is 5.37. The van der Waals surface area contributed by atoms with E-state index in [1.165, 1.54) is 5.56 Å². The monoisotopic (exact) mass is 264 g/mol. The van der Waals surface area contributed by atoms with Crippen LogP contribution in [-0.4, -0.2) is 38.2 Å². The largest absolute Gasteiger partial charge is 0.497 e. The van der Waals surface area contributed by atoms with Crippen LogP contribution in [0, 0.1) is 0 Å². The quantitative estimate of drug-likeness (QED) is 0.819. The van der Waals surface area contributed by atoms with E-state index in [-0.39, 0.29) is 11.6 Å². The summed E-state index contributed by atoms with van der Waals surface area (Å²) in [7, 11) is 6.01. The Morgan fingerprint density at radius 2 is 2.00 bits per heavy atom. The van der Waals surface area contributed by atoms with Crippen molar-refractivity contribution in [2.75, 3.05) is 27.7 Å². The normalized spacial score (nSPS) is 16.2. The number of likely N-dealkylation sites (N-methyl/N-ethyl adjacent to an activating group) is 2. The van der Waals surface area contributed by atoms with Gasteiger partial charge in [0.25, 0.3) is 0 Å². The average Bonchev–Trinajstić information content (AvgIpc) is 2.43. The highest BCUT2D eigenvalue weighted by atomic mass is 16.5. The van der Waals surface area contributed by atoms with E-state index in [9.17, 15) is 0 Å². The van der Waals surface area contributed by atoms with E-state index in [0.717, 1.165) is 18.7 Å². The molecule has 108 valence electrons. The summed E-state index contributed by atoms with van der Waals surface area (Å²) in [5.74, 6) is 0.914. The highest BCUT2D eigenvalue weighted by Crippen LogP contribution is 2.33. The molecule has 3 heteroatoms. The third-order valence-electron chi connectivity index (χ3n) is 4.19. The fourth-order valence-electron chi connectivity index (χ4n) is 2.50. The fraction of sp³-hybridized carbons (Fsp3) is 0.625. The second kappa shape index (κ2) is 6.92. The SMILES string of the molecule is CCNC(c1cccc(OC)c1)C(C)(CC)N(C)C. The first-order chi connectivity index (χ1) is 8.99. The molecule has 0 aliphatic carbocycles. The third-order valence-corrected chi connectivity index (χ3v) is 4.19. The van der Waals surface area contributed by atoms with Crippen molar-refractivity contribution >= 4 is 0 Å². The van der Waals surface area contributed by atoms with Crippen molar-refractivity contribution < 1.29 is 4.74 Å². The van der Waals surface area contributed by atoms with E-state index in [1.54, 1.807) is 7.11 Å². The standard InChI is InChI=1S/C16H28N2O/c1-7-16(3,18(4)5)15(17-8-2)13-10-9-11-14(12-13)19-6/h9-12,15,17H,7-8H2,1-6H3. The minimum absolute atomic E-state index is 0.0718. The molecule has 0 fully saturated rings. The predicted molar refractivity (Wildman–Crippen MR) is 81.8 cm³/mol. The predicted octanol–water partition coefficient (Wildman–Crippen LogP) is 3.08. The maximum atomic E-state index is 5.35. The zero-order chi connectivity index (χ0) is 14.5. The molecular formula is C16H28N2O. The van der Waals surface area contributed by atoms with Crippen molar-refractivity contribution in [2.45, 2.75) is 38.8 Å². The van der Waals surface area contributed by atoms with E-state index in [1.807, 2.05) is 6.07 Å². The van der Waals surface area contributed by atoms with Crippen LogP contribution in [0.3, 0.4) is 0 Å². The molecule has 0 aliphatic rings. The lowest BCUT2D eigenvalue weighted by Crippen LogP contribution is -2.51. The first-order valence-corrected chi connectivity index (χ1v) is 7.04. The van der Waals surface area contributed by atoms with Crippen LogP contribution in [0.4, 0.5) is 0 Å². The van der Waals surface area contributed by atoms with Gasteiger partial charge in [-0.3, -0.25) is 0 Å². The van der Waals surface area contributed by atoms with Gasteiger partial charge in [-0.1, -0.05) is 26.0 Å². The van der Waals surface area contributed by atoms with Gasteiger partial charge in [0.15, 0.2) is 0 Å². The maximum absolute atomic E-state index is 5.35. The smallest absolute Gasteiger partial charge is 0.119 e. The average molecular weight is 264 g/mol. The molecule has 1 aromatic carbocycles. The summed E-state index contributed by atoms with van der Waals surface area (Å²) < 4.78 is 5.35. The highest BCUT2D eigenvalue weighted by Gasteiger charge is 2.35. The van der Waals surface area contributed by atoms with Crippen molar-refractivity contribution in [2.24, 2.45) is 0 Å². The Morgan fingerprint density at radius 3 is 2.47 bits per heavy atom. The van der Waals surface area contributed by atoms with Crippen molar-refractivity contribution in [3.8, 4) is 5.75 Å². The number of methoxy groups -OCH3 is 1. The summed E-state index contributed by atoms with van der Waals surface area (Å²) in [5.41, 5.74) is 1.35. The molecule has 1 N–H and O–H groups in total. The number of hydrogen-bond acceptors (Lipinski definition) is 3. The Bertz CT molecular complexity index is 392. The lowest BCUT2D eigenvalue weighted by Gasteiger charge is -2.43. The topological polar surface area (TPSA) is 24.5 Å². The van der Waals surface area contributed by atoms with Crippen LogP contribution in [0.2, 0.25) is 0 Å². The fourth-order valence-corrected chi connectivity index (χ4v) is 2.50. The minimum Gasteiger partial charge on any atom is -0.497 e. The summed E-state index contributed by atoms with van der Waals surface area (Å²) in [6, 6.07) is 8.64. The molecule has 0 aliphatic heterocycles. The molecule has 0 amide bonds. The van der Waals surface area contributed by atoms with E-state index in [0.29, 0.717) is 0 Å². The van der Waals surface area contributed by atoms with E-state index in [2.05, 4.69) is 63.3 Å². The number of rotatable bonds is 7. The molecule has 0 spiro atoms. The van der Waals surface area contributed by atoms with E-state index in [4.69, 9.17) is 4.74 Å². The number of hydrogen-bond donors (Lipinski definition) is 1. The van der Waals surface area contributed by atoms with Gasteiger partial charge < -0.3 is 15.0 Å². The third kappa shape index (κ3) is 3.48. The van der Waals surface area contributed by atoms with Crippen molar-refractivity contribution in [1.82, 2.24) is 10.2 Å². The molecule has 0 bridgehead atoms. The van der Waals surface area contributed by atoms with Gasteiger partial charge in [0.1, 0.15) is 5.75 Å². The lowest BCUT2D eigenvalue weighted by molar-refractivity contribution is 0.113. The molecule has 3 nitrogen and oxygen atoms in total. The molecular weight excluding hydrogens is 236 g/mol. The molecule has 0 saturated heterocycles. The number of nitrogens with one attached hydrogen (secondary N) is 1. The molecule has 0 heterocycles. The van der Waals surface area contributed by atoms with Crippen molar-refractivity contribution in [3.05, 3.63) is 29.8 Å². The number of nitrogens with zero attached hydrogens (tertiary/aromatic N) is 1. The number of ether oxygens (including phenoxy) is 1. The zero-order valence-electron chi connectivity index (χ0n) is 13.2. The Balaban J connectivity index is 3.18. The van der Waals surface area contributed by atoms with Crippen LogP contribution >= 0.6 is 0 Å². The molecule has 0 saturated carbocycles. The van der Waals surface area contributed by atoms with E-state index >= 15 is 0 Å². The number of benzene rings is 1. The molecule has 1 aromatic rings. The van der Waals surface area contributed by atoms with Gasteiger partial charge in [0, 0.05) is 5.54 Å².